The minimum absolute atomic E-state index is 0.537. The Labute approximate surface area is 78.7 Å². The van der Waals surface area contributed by atoms with E-state index in [1.165, 1.54) is 11.3 Å². The van der Waals surface area contributed by atoms with E-state index < -0.39 is 0 Å². The molecule has 2 nitrogen and oxygen atoms in total. The van der Waals surface area contributed by atoms with Gasteiger partial charge >= 0.3 is 0 Å². The zero-order valence-corrected chi connectivity index (χ0v) is 8.33. The van der Waals surface area contributed by atoms with E-state index in [0.29, 0.717) is 5.92 Å². The van der Waals surface area contributed by atoms with E-state index in [4.69, 9.17) is 0 Å². The number of pyridine rings is 1. The number of nitrogens with zero attached hydrogens (tertiary/aromatic N) is 2. The fraction of sp³-hybridized carbons (Fsp3) is 0.455. The molecule has 0 amide bonds. The van der Waals surface area contributed by atoms with Crippen molar-refractivity contribution < 1.29 is 0 Å². The Bertz CT molecular complexity index is 364. The van der Waals surface area contributed by atoms with Gasteiger partial charge in [0, 0.05) is 23.4 Å². The van der Waals surface area contributed by atoms with Gasteiger partial charge in [0.15, 0.2) is 5.82 Å². The topological polar surface area (TPSA) is 25.2 Å². The molecule has 0 N–H and O–H groups in total. The van der Waals surface area contributed by atoms with Crippen molar-refractivity contribution in [2.75, 3.05) is 0 Å². The summed E-state index contributed by atoms with van der Waals surface area (Å²) in [6.45, 7) is 6.36. The van der Waals surface area contributed by atoms with Gasteiger partial charge in [0.2, 0.25) is 0 Å². The first-order valence-corrected chi connectivity index (χ1v) is 4.71. The molecule has 68 valence electrons. The third kappa shape index (κ3) is 1.48. The zero-order valence-electron chi connectivity index (χ0n) is 8.33. The molecule has 0 aromatic carbocycles. The lowest BCUT2D eigenvalue weighted by Crippen LogP contribution is -2.06. The van der Waals surface area contributed by atoms with E-state index in [-0.39, 0.29) is 0 Å². The summed E-state index contributed by atoms with van der Waals surface area (Å²) in [5, 5.41) is 0. The minimum Gasteiger partial charge on any atom is -0.237 e. The van der Waals surface area contributed by atoms with Gasteiger partial charge in [-0.1, -0.05) is 19.9 Å². The summed E-state index contributed by atoms with van der Waals surface area (Å²) < 4.78 is 0. The van der Waals surface area contributed by atoms with Gasteiger partial charge in [0.05, 0.1) is 0 Å². The number of hydrogen-bond donors (Lipinski definition) is 0. The molecular weight excluding hydrogens is 160 g/mol. The van der Waals surface area contributed by atoms with Crippen LogP contribution in [-0.2, 0) is 6.42 Å². The molecular formula is C11H14N2. The van der Waals surface area contributed by atoms with Crippen LogP contribution in [0.15, 0.2) is 17.1 Å². The average Bonchev–Trinajstić information content (AvgIpc) is 2.46. The van der Waals surface area contributed by atoms with E-state index in [2.05, 4.69) is 36.0 Å². The Kier molecular flexibility index (Phi) is 1.91. The third-order valence-electron chi connectivity index (χ3n) is 2.38. The molecule has 0 saturated heterocycles. The largest absolute Gasteiger partial charge is 0.237 e. The van der Waals surface area contributed by atoms with Crippen LogP contribution < -0.4 is 0 Å². The zero-order chi connectivity index (χ0) is 9.42. The molecule has 2 rings (SSSR count). The first kappa shape index (κ1) is 8.42. The van der Waals surface area contributed by atoms with Crippen molar-refractivity contribution in [1.82, 2.24) is 4.98 Å². The molecule has 1 aromatic rings. The Balaban J connectivity index is 2.38. The standard InChI is InChI=1S/C11H14N2/c1-7(2)10-6-9-5-4-8(3)12-11(9)13-10/h4-5,7H,6H2,1-3H3. The molecule has 2 heterocycles. The summed E-state index contributed by atoms with van der Waals surface area (Å²) in [6, 6.07) is 4.19. The second kappa shape index (κ2) is 2.95. The van der Waals surface area contributed by atoms with Gasteiger partial charge in [-0.05, 0) is 18.9 Å². The Morgan fingerprint density at radius 3 is 2.77 bits per heavy atom. The SMILES string of the molecule is Cc1ccc2c(n1)N=C(C(C)C)C2. The van der Waals surface area contributed by atoms with Crippen LogP contribution in [0.3, 0.4) is 0 Å². The van der Waals surface area contributed by atoms with Crippen molar-refractivity contribution in [2.45, 2.75) is 27.2 Å². The van der Waals surface area contributed by atoms with E-state index >= 15 is 0 Å². The average molecular weight is 174 g/mol. The maximum Gasteiger partial charge on any atom is 0.155 e. The molecule has 0 atom stereocenters. The molecule has 2 heteroatoms. The summed E-state index contributed by atoms with van der Waals surface area (Å²) in [5.41, 5.74) is 3.58. The highest BCUT2D eigenvalue weighted by molar-refractivity contribution is 5.94. The van der Waals surface area contributed by atoms with Gasteiger partial charge in [-0.25, -0.2) is 9.98 Å². The van der Waals surface area contributed by atoms with E-state index in [1.807, 2.05) is 6.92 Å². The summed E-state index contributed by atoms with van der Waals surface area (Å²) >= 11 is 0. The van der Waals surface area contributed by atoms with Gasteiger partial charge in [0.25, 0.3) is 0 Å². The van der Waals surface area contributed by atoms with Crippen LogP contribution in [0.1, 0.15) is 25.1 Å². The van der Waals surface area contributed by atoms with Crippen LogP contribution >= 0.6 is 0 Å². The van der Waals surface area contributed by atoms with Gasteiger partial charge in [-0.2, -0.15) is 0 Å². The number of aryl methyl sites for hydroxylation is 1. The molecule has 1 aromatic heterocycles. The first-order chi connectivity index (χ1) is 6.16. The number of aromatic nitrogens is 1. The molecule has 0 fully saturated rings. The van der Waals surface area contributed by atoms with Gasteiger partial charge in [-0.15, -0.1) is 0 Å². The second-order valence-corrected chi connectivity index (χ2v) is 3.87. The highest BCUT2D eigenvalue weighted by Gasteiger charge is 2.17. The molecule has 0 bridgehead atoms. The maximum absolute atomic E-state index is 4.52. The molecule has 13 heavy (non-hydrogen) atoms. The number of hydrogen-bond acceptors (Lipinski definition) is 2. The maximum atomic E-state index is 4.52. The summed E-state index contributed by atoms with van der Waals surface area (Å²) in [6.07, 6.45) is 0.986. The van der Waals surface area contributed by atoms with E-state index in [9.17, 15) is 0 Å². The Hall–Kier alpha value is -1.18. The lowest BCUT2D eigenvalue weighted by atomic mass is 10.0. The second-order valence-electron chi connectivity index (χ2n) is 3.87. The van der Waals surface area contributed by atoms with Crippen molar-refractivity contribution in [2.24, 2.45) is 10.9 Å². The van der Waals surface area contributed by atoms with Gasteiger partial charge < -0.3 is 0 Å². The summed E-state index contributed by atoms with van der Waals surface area (Å²) in [4.78, 5) is 8.92. The van der Waals surface area contributed by atoms with Crippen molar-refractivity contribution in [3.63, 3.8) is 0 Å². The van der Waals surface area contributed by atoms with Crippen LogP contribution in [-0.4, -0.2) is 10.7 Å². The summed E-state index contributed by atoms with van der Waals surface area (Å²) in [5.74, 6) is 1.47. The smallest absolute Gasteiger partial charge is 0.155 e. The quantitative estimate of drug-likeness (QED) is 0.642. The van der Waals surface area contributed by atoms with Crippen LogP contribution in [0.5, 0.6) is 0 Å². The lowest BCUT2D eigenvalue weighted by molar-refractivity contribution is 0.871. The van der Waals surface area contributed by atoms with Crippen molar-refractivity contribution in [1.29, 1.82) is 0 Å². The lowest BCUT2D eigenvalue weighted by Gasteiger charge is -2.01. The highest BCUT2D eigenvalue weighted by Crippen LogP contribution is 2.26. The first-order valence-electron chi connectivity index (χ1n) is 4.71. The number of fused-ring (bicyclic) bond motifs is 1. The van der Waals surface area contributed by atoms with Crippen LogP contribution in [0.4, 0.5) is 5.82 Å². The molecule has 0 unspecified atom stereocenters. The van der Waals surface area contributed by atoms with Crippen LogP contribution in [0, 0.1) is 12.8 Å². The molecule has 0 radical (unpaired) electrons. The highest BCUT2D eigenvalue weighted by atomic mass is 14.9. The fourth-order valence-electron chi connectivity index (χ4n) is 1.51. The monoisotopic (exact) mass is 174 g/mol. The van der Waals surface area contributed by atoms with E-state index in [0.717, 1.165) is 17.9 Å². The molecule has 1 aliphatic heterocycles. The van der Waals surface area contributed by atoms with Crippen molar-refractivity contribution in [3.8, 4) is 0 Å². The number of aliphatic imine (C=N–C) groups is 1. The van der Waals surface area contributed by atoms with Gasteiger partial charge in [-0.3, -0.25) is 0 Å². The molecule has 0 saturated carbocycles. The Morgan fingerprint density at radius 2 is 2.08 bits per heavy atom. The van der Waals surface area contributed by atoms with Crippen molar-refractivity contribution in [3.05, 3.63) is 23.4 Å². The molecule has 1 aliphatic rings. The molecule has 0 spiro atoms. The minimum atomic E-state index is 0.537. The Morgan fingerprint density at radius 1 is 1.31 bits per heavy atom. The predicted octanol–water partition coefficient (Wildman–Crippen LogP) is 2.67. The van der Waals surface area contributed by atoms with Crippen molar-refractivity contribution >= 4 is 11.5 Å². The fourth-order valence-corrected chi connectivity index (χ4v) is 1.51. The third-order valence-corrected chi connectivity index (χ3v) is 2.38. The normalized spacial score (nSPS) is 14.6. The predicted molar refractivity (Wildman–Crippen MR) is 54.6 cm³/mol. The molecule has 0 aliphatic carbocycles. The number of rotatable bonds is 1. The summed E-state index contributed by atoms with van der Waals surface area (Å²) in [7, 11) is 0. The van der Waals surface area contributed by atoms with Crippen LogP contribution in [0.25, 0.3) is 0 Å². The van der Waals surface area contributed by atoms with Crippen LogP contribution in [0.2, 0.25) is 0 Å². The van der Waals surface area contributed by atoms with E-state index in [1.54, 1.807) is 0 Å². The van der Waals surface area contributed by atoms with Gasteiger partial charge in [0.1, 0.15) is 0 Å².